The number of likely N-dealkylation sites (N-methyl/N-ethyl adjacent to an activating group) is 1. The van der Waals surface area contributed by atoms with E-state index in [1.54, 1.807) is 30.3 Å². The Labute approximate surface area is 148 Å². The molecule has 0 fully saturated rings. The average Bonchev–Trinajstić information content (AvgIpc) is 2.97. The SMILES string of the molecule is CN(Cc1ccc(C#N)cc1)C(=O)Cc1cnc2ccc(Br)cn12. The van der Waals surface area contributed by atoms with E-state index in [2.05, 4.69) is 27.0 Å². The molecule has 24 heavy (non-hydrogen) atoms. The number of rotatable bonds is 4. The third-order valence-corrected chi connectivity index (χ3v) is 4.28. The van der Waals surface area contributed by atoms with Crippen LogP contribution >= 0.6 is 15.9 Å². The fraction of sp³-hybridized carbons (Fsp3) is 0.167. The quantitative estimate of drug-likeness (QED) is 0.695. The molecule has 0 aliphatic carbocycles. The zero-order chi connectivity index (χ0) is 17.1. The first-order valence-electron chi connectivity index (χ1n) is 7.41. The van der Waals surface area contributed by atoms with E-state index >= 15 is 0 Å². The summed E-state index contributed by atoms with van der Waals surface area (Å²) < 4.78 is 2.85. The number of benzene rings is 1. The van der Waals surface area contributed by atoms with Gasteiger partial charge in [0.15, 0.2) is 0 Å². The lowest BCUT2D eigenvalue weighted by molar-refractivity contribution is -0.129. The fourth-order valence-corrected chi connectivity index (χ4v) is 2.81. The molecule has 0 aliphatic heterocycles. The first-order valence-corrected chi connectivity index (χ1v) is 8.20. The van der Waals surface area contributed by atoms with E-state index in [0.29, 0.717) is 12.1 Å². The van der Waals surface area contributed by atoms with Gasteiger partial charge in [-0.15, -0.1) is 0 Å². The Balaban J connectivity index is 1.71. The molecule has 0 saturated carbocycles. The molecule has 0 aliphatic rings. The molecule has 6 heteroatoms. The van der Waals surface area contributed by atoms with E-state index in [9.17, 15) is 4.79 Å². The third kappa shape index (κ3) is 3.47. The summed E-state index contributed by atoms with van der Waals surface area (Å²) in [4.78, 5) is 18.5. The van der Waals surface area contributed by atoms with Gasteiger partial charge in [-0.25, -0.2) is 4.98 Å². The molecule has 0 bridgehead atoms. The topological polar surface area (TPSA) is 61.4 Å². The second-order valence-corrected chi connectivity index (χ2v) is 6.48. The minimum atomic E-state index is 0.0149. The lowest BCUT2D eigenvalue weighted by atomic mass is 10.1. The summed E-state index contributed by atoms with van der Waals surface area (Å²) in [5.74, 6) is 0.0149. The summed E-state index contributed by atoms with van der Waals surface area (Å²) in [7, 11) is 1.78. The standard InChI is InChI=1S/C18H15BrN4O/c1-22(11-14-4-2-13(9-20)3-5-14)18(24)8-16-10-21-17-7-6-15(19)12-23(16)17/h2-7,10,12H,8,11H2,1H3. The Bertz CT molecular complexity index is 924. The van der Waals surface area contributed by atoms with Gasteiger partial charge in [0.05, 0.1) is 23.7 Å². The molecule has 0 atom stereocenters. The van der Waals surface area contributed by atoms with Crippen LogP contribution in [0, 0.1) is 11.3 Å². The molecular formula is C18H15BrN4O. The van der Waals surface area contributed by atoms with Crippen molar-refractivity contribution < 1.29 is 4.79 Å². The van der Waals surface area contributed by atoms with Crippen molar-refractivity contribution in [1.29, 1.82) is 5.26 Å². The van der Waals surface area contributed by atoms with Gasteiger partial charge in [-0.2, -0.15) is 5.26 Å². The van der Waals surface area contributed by atoms with Gasteiger partial charge in [0, 0.05) is 30.5 Å². The second-order valence-electron chi connectivity index (χ2n) is 5.56. The third-order valence-electron chi connectivity index (χ3n) is 3.81. The van der Waals surface area contributed by atoms with Gasteiger partial charge in [0.1, 0.15) is 5.65 Å². The number of fused-ring (bicyclic) bond motifs is 1. The van der Waals surface area contributed by atoms with Crippen LogP contribution in [-0.4, -0.2) is 27.2 Å². The maximum absolute atomic E-state index is 12.5. The van der Waals surface area contributed by atoms with Gasteiger partial charge in [-0.1, -0.05) is 12.1 Å². The molecule has 2 aromatic heterocycles. The zero-order valence-electron chi connectivity index (χ0n) is 13.1. The van der Waals surface area contributed by atoms with Crippen LogP contribution in [0.15, 0.2) is 53.3 Å². The van der Waals surface area contributed by atoms with E-state index in [1.807, 2.05) is 34.9 Å². The van der Waals surface area contributed by atoms with Crippen molar-refractivity contribution in [1.82, 2.24) is 14.3 Å². The van der Waals surface area contributed by atoms with Crippen LogP contribution in [0.2, 0.25) is 0 Å². The highest BCUT2D eigenvalue weighted by Crippen LogP contribution is 2.15. The molecule has 1 amide bonds. The first kappa shape index (κ1) is 16.2. The summed E-state index contributed by atoms with van der Waals surface area (Å²) in [6.45, 7) is 0.505. The van der Waals surface area contributed by atoms with Gasteiger partial charge in [-0.05, 0) is 45.8 Å². The zero-order valence-corrected chi connectivity index (χ0v) is 14.7. The van der Waals surface area contributed by atoms with Gasteiger partial charge in [0.25, 0.3) is 0 Å². The van der Waals surface area contributed by atoms with Crippen molar-refractivity contribution >= 4 is 27.5 Å². The van der Waals surface area contributed by atoms with E-state index in [0.717, 1.165) is 21.4 Å². The number of halogens is 1. The molecular weight excluding hydrogens is 368 g/mol. The molecule has 0 radical (unpaired) electrons. The lowest BCUT2D eigenvalue weighted by Crippen LogP contribution is -2.28. The van der Waals surface area contributed by atoms with Crippen LogP contribution in [0.5, 0.6) is 0 Å². The predicted octanol–water partition coefficient (Wildman–Crippen LogP) is 3.17. The maximum atomic E-state index is 12.5. The Hall–Kier alpha value is -2.65. The first-order chi connectivity index (χ1) is 11.6. The molecule has 1 aromatic carbocycles. The van der Waals surface area contributed by atoms with Gasteiger partial charge < -0.3 is 9.30 Å². The highest BCUT2D eigenvalue weighted by Gasteiger charge is 2.13. The number of carbonyl (C=O) groups is 1. The summed E-state index contributed by atoms with van der Waals surface area (Å²) in [6, 6.07) is 13.2. The van der Waals surface area contributed by atoms with Crippen molar-refractivity contribution in [2.75, 3.05) is 7.05 Å². The summed E-state index contributed by atoms with van der Waals surface area (Å²) in [6.07, 6.45) is 3.92. The molecule has 2 heterocycles. The Morgan fingerprint density at radius 1 is 1.29 bits per heavy atom. The average molecular weight is 383 g/mol. The molecule has 0 saturated heterocycles. The summed E-state index contributed by atoms with van der Waals surface area (Å²) in [5, 5.41) is 8.82. The highest BCUT2D eigenvalue weighted by molar-refractivity contribution is 9.10. The smallest absolute Gasteiger partial charge is 0.228 e. The summed E-state index contributed by atoms with van der Waals surface area (Å²) in [5.41, 5.74) is 3.27. The number of carbonyl (C=O) groups excluding carboxylic acids is 1. The van der Waals surface area contributed by atoms with E-state index < -0.39 is 0 Å². The maximum Gasteiger partial charge on any atom is 0.228 e. The predicted molar refractivity (Wildman–Crippen MR) is 94.2 cm³/mol. The molecule has 5 nitrogen and oxygen atoms in total. The van der Waals surface area contributed by atoms with Crippen LogP contribution < -0.4 is 0 Å². The molecule has 3 aromatic rings. The monoisotopic (exact) mass is 382 g/mol. The number of aromatic nitrogens is 2. The fourth-order valence-electron chi connectivity index (χ4n) is 2.47. The van der Waals surface area contributed by atoms with E-state index in [-0.39, 0.29) is 12.3 Å². The molecule has 0 unspecified atom stereocenters. The second kappa shape index (κ2) is 6.85. The Morgan fingerprint density at radius 2 is 2.04 bits per heavy atom. The number of nitriles is 1. The van der Waals surface area contributed by atoms with Gasteiger partial charge >= 0.3 is 0 Å². The minimum Gasteiger partial charge on any atom is -0.341 e. The van der Waals surface area contributed by atoms with Crippen LogP contribution in [0.4, 0.5) is 0 Å². The van der Waals surface area contributed by atoms with Crippen LogP contribution in [0.1, 0.15) is 16.8 Å². The highest BCUT2D eigenvalue weighted by atomic mass is 79.9. The summed E-state index contributed by atoms with van der Waals surface area (Å²) >= 11 is 3.44. The molecule has 3 rings (SSSR count). The van der Waals surface area contributed by atoms with Crippen LogP contribution in [-0.2, 0) is 17.8 Å². The minimum absolute atomic E-state index is 0.0149. The number of imidazole rings is 1. The van der Waals surface area contributed by atoms with Crippen molar-refractivity contribution in [3.05, 3.63) is 70.1 Å². The van der Waals surface area contributed by atoms with Crippen molar-refractivity contribution in [2.45, 2.75) is 13.0 Å². The van der Waals surface area contributed by atoms with Crippen LogP contribution in [0.25, 0.3) is 5.65 Å². The van der Waals surface area contributed by atoms with Crippen LogP contribution in [0.3, 0.4) is 0 Å². The largest absolute Gasteiger partial charge is 0.341 e. The Morgan fingerprint density at radius 3 is 2.75 bits per heavy atom. The number of nitrogens with zero attached hydrogens (tertiary/aromatic N) is 4. The molecule has 0 N–H and O–H groups in total. The molecule has 0 spiro atoms. The normalized spacial score (nSPS) is 10.5. The van der Waals surface area contributed by atoms with E-state index in [1.165, 1.54) is 0 Å². The Kier molecular flexibility index (Phi) is 4.63. The number of hydrogen-bond acceptors (Lipinski definition) is 3. The van der Waals surface area contributed by atoms with Gasteiger partial charge in [0.2, 0.25) is 5.91 Å². The van der Waals surface area contributed by atoms with Crippen molar-refractivity contribution in [2.24, 2.45) is 0 Å². The molecule has 120 valence electrons. The number of pyridine rings is 1. The van der Waals surface area contributed by atoms with Crippen molar-refractivity contribution in [3.8, 4) is 6.07 Å². The number of amides is 1. The van der Waals surface area contributed by atoms with Crippen molar-refractivity contribution in [3.63, 3.8) is 0 Å². The van der Waals surface area contributed by atoms with E-state index in [4.69, 9.17) is 5.26 Å². The number of hydrogen-bond donors (Lipinski definition) is 0. The van der Waals surface area contributed by atoms with Gasteiger partial charge in [-0.3, -0.25) is 4.79 Å². The lowest BCUT2D eigenvalue weighted by Gasteiger charge is -2.17.